The van der Waals surface area contributed by atoms with E-state index < -0.39 is 0 Å². The van der Waals surface area contributed by atoms with Crippen LogP contribution in [0.4, 0.5) is 0 Å². The minimum atomic E-state index is 0.410. The number of aryl methyl sites for hydroxylation is 2. The Balaban J connectivity index is 2.94. The third-order valence-corrected chi connectivity index (χ3v) is 2.74. The molecule has 0 spiro atoms. The molecule has 1 aromatic heterocycles. The van der Waals surface area contributed by atoms with Crippen LogP contribution in [0, 0.1) is 5.92 Å². The second-order valence-corrected chi connectivity index (χ2v) is 4.32. The van der Waals surface area contributed by atoms with Crippen LogP contribution in [0.1, 0.15) is 45.1 Å². The Labute approximate surface area is 92.9 Å². The molecule has 3 heteroatoms. The van der Waals surface area contributed by atoms with Crippen molar-refractivity contribution in [2.75, 3.05) is 6.54 Å². The molecule has 1 N–H and O–H groups in total. The van der Waals surface area contributed by atoms with Gasteiger partial charge in [-0.3, -0.25) is 4.68 Å². The summed E-state index contributed by atoms with van der Waals surface area (Å²) in [6.45, 7) is 9.77. The Morgan fingerprint density at radius 2 is 2.07 bits per heavy atom. The molecule has 15 heavy (non-hydrogen) atoms. The summed E-state index contributed by atoms with van der Waals surface area (Å²) >= 11 is 0. The lowest BCUT2D eigenvalue weighted by Gasteiger charge is -2.21. The van der Waals surface area contributed by atoms with E-state index in [2.05, 4.69) is 44.2 Å². The van der Waals surface area contributed by atoms with E-state index in [1.54, 1.807) is 0 Å². The molecule has 0 aliphatic heterocycles. The van der Waals surface area contributed by atoms with Crippen molar-refractivity contribution in [2.45, 2.75) is 40.2 Å². The van der Waals surface area contributed by atoms with Gasteiger partial charge >= 0.3 is 0 Å². The molecular formula is C12H23N3. The van der Waals surface area contributed by atoms with Crippen LogP contribution in [-0.4, -0.2) is 16.3 Å². The maximum atomic E-state index is 4.49. The first-order valence-corrected chi connectivity index (χ1v) is 5.86. The van der Waals surface area contributed by atoms with E-state index in [4.69, 9.17) is 0 Å². The van der Waals surface area contributed by atoms with Crippen molar-refractivity contribution in [3.63, 3.8) is 0 Å². The molecule has 1 heterocycles. The van der Waals surface area contributed by atoms with Gasteiger partial charge in [0.15, 0.2) is 0 Å². The largest absolute Gasteiger partial charge is 0.309 e. The lowest BCUT2D eigenvalue weighted by atomic mass is 10.0. The molecule has 1 atom stereocenters. The van der Waals surface area contributed by atoms with Crippen molar-refractivity contribution < 1.29 is 0 Å². The summed E-state index contributed by atoms with van der Waals surface area (Å²) in [7, 11) is 2.03. The monoisotopic (exact) mass is 209 g/mol. The molecule has 86 valence electrons. The normalized spacial score (nSPS) is 13.5. The van der Waals surface area contributed by atoms with E-state index >= 15 is 0 Å². The number of hydrogen-bond acceptors (Lipinski definition) is 2. The van der Waals surface area contributed by atoms with Crippen LogP contribution in [0.25, 0.3) is 0 Å². The van der Waals surface area contributed by atoms with Crippen molar-refractivity contribution in [3.8, 4) is 0 Å². The standard InChI is InChI=1S/C12H23N3/c1-6-10-8-11(15(5)14-10)12(9(3)4)13-7-2/h8-9,12-13H,6-7H2,1-5H3. The van der Waals surface area contributed by atoms with Crippen molar-refractivity contribution >= 4 is 0 Å². The van der Waals surface area contributed by atoms with Gasteiger partial charge in [0.2, 0.25) is 0 Å². The van der Waals surface area contributed by atoms with E-state index in [1.807, 2.05) is 11.7 Å². The summed E-state index contributed by atoms with van der Waals surface area (Å²) < 4.78 is 2.01. The topological polar surface area (TPSA) is 29.9 Å². The third kappa shape index (κ3) is 2.81. The molecule has 0 aliphatic carbocycles. The fraction of sp³-hybridized carbons (Fsp3) is 0.750. The predicted molar refractivity (Wildman–Crippen MR) is 63.8 cm³/mol. The van der Waals surface area contributed by atoms with Crippen molar-refractivity contribution in [1.82, 2.24) is 15.1 Å². The summed E-state index contributed by atoms with van der Waals surface area (Å²) in [5.41, 5.74) is 2.47. The molecule has 0 aromatic carbocycles. The van der Waals surface area contributed by atoms with E-state index in [0.29, 0.717) is 12.0 Å². The van der Waals surface area contributed by atoms with Gasteiger partial charge in [0.05, 0.1) is 17.4 Å². The van der Waals surface area contributed by atoms with Crippen LogP contribution >= 0.6 is 0 Å². The van der Waals surface area contributed by atoms with Gasteiger partial charge in [0.25, 0.3) is 0 Å². The van der Waals surface area contributed by atoms with Crippen LogP contribution in [0.2, 0.25) is 0 Å². The Morgan fingerprint density at radius 3 is 2.47 bits per heavy atom. The highest BCUT2D eigenvalue weighted by molar-refractivity contribution is 5.14. The van der Waals surface area contributed by atoms with E-state index in [1.165, 1.54) is 11.4 Å². The quantitative estimate of drug-likeness (QED) is 0.806. The highest BCUT2D eigenvalue weighted by Gasteiger charge is 2.18. The first-order chi connectivity index (χ1) is 7.10. The number of nitrogens with one attached hydrogen (secondary N) is 1. The van der Waals surface area contributed by atoms with Crippen molar-refractivity contribution in [3.05, 3.63) is 17.5 Å². The second-order valence-electron chi connectivity index (χ2n) is 4.32. The third-order valence-electron chi connectivity index (χ3n) is 2.74. The first kappa shape index (κ1) is 12.2. The highest BCUT2D eigenvalue weighted by atomic mass is 15.3. The summed E-state index contributed by atoms with van der Waals surface area (Å²) in [6, 6.07) is 2.63. The molecular weight excluding hydrogens is 186 g/mol. The Bertz CT molecular complexity index is 302. The number of hydrogen-bond donors (Lipinski definition) is 1. The fourth-order valence-corrected chi connectivity index (χ4v) is 1.91. The lowest BCUT2D eigenvalue weighted by Crippen LogP contribution is -2.27. The zero-order valence-electron chi connectivity index (χ0n) is 10.5. The SMILES string of the molecule is CCNC(c1cc(CC)nn1C)C(C)C. The summed E-state index contributed by atoms with van der Waals surface area (Å²) in [4.78, 5) is 0. The van der Waals surface area contributed by atoms with E-state index in [9.17, 15) is 0 Å². The maximum absolute atomic E-state index is 4.49. The number of nitrogens with zero attached hydrogens (tertiary/aromatic N) is 2. The van der Waals surface area contributed by atoms with Gasteiger partial charge in [0, 0.05) is 7.05 Å². The molecule has 0 saturated carbocycles. The van der Waals surface area contributed by atoms with Gasteiger partial charge in [-0.2, -0.15) is 5.10 Å². The fourth-order valence-electron chi connectivity index (χ4n) is 1.91. The Kier molecular flexibility index (Phi) is 4.33. The zero-order chi connectivity index (χ0) is 11.4. The van der Waals surface area contributed by atoms with Gasteiger partial charge in [-0.05, 0) is 24.9 Å². The Hall–Kier alpha value is -0.830. The van der Waals surface area contributed by atoms with Crippen LogP contribution in [0.5, 0.6) is 0 Å². The zero-order valence-corrected chi connectivity index (χ0v) is 10.5. The highest BCUT2D eigenvalue weighted by Crippen LogP contribution is 2.21. The maximum Gasteiger partial charge on any atom is 0.0625 e. The van der Waals surface area contributed by atoms with Crippen LogP contribution in [-0.2, 0) is 13.5 Å². The molecule has 3 nitrogen and oxygen atoms in total. The molecule has 1 aromatic rings. The Morgan fingerprint density at radius 1 is 1.40 bits per heavy atom. The van der Waals surface area contributed by atoms with Crippen LogP contribution in [0.15, 0.2) is 6.07 Å². The van der Waals surface area contributed by atoms with Crippen molar-refractivity contribution in [2.24, 2.45) is 13.0 Å². The molecule has 0 amide bonds. The van der Waals surface area contributed by atoms with Crippen LogP contribution < -0.4 is 5.32 Å². The first-order valence-electron chi connectivity index (χ1n) is 5.86. The predicted octanol–water partition coefficient (Wildman–Crippen LogP) is 2.29. The summed E-state index contributed by atoms with van der Waals surface area (Å²) in [5, 5.41) is 8.01. The average Bonchev–Trinajstić information content (AvgIpc) is 2.55. The van der Waals surface area contributed by atoms with Crippen LogP contribution in [0.3, 0.4) is 0 Å². The van der Waals surface area contributed by atoms with Gasteiger partial charge in [-0.25, -0.2) is 0 Å². The lowest BCUT2D eigenvalue weighted by molar-refractivity contribution is 0.398. The molecule has 0 radical (unpaired) electrons. The van der Waals surface area contributed by atoms with Gasteiger partial charge in [-0.1, -0.05) is 27.7 Å². The molecule has 1 rings (SSSR count). The minimum absolute atomic E-state index is 0.410. The molecule has 0 aliphatic rings. The average molecular weight is 209 g/mol. The molecule has 0 bridgehead atoms. The molecule has 0 saturated heterocycles. The van der Waals surface area contributed by atoms with E-state index in [0.717, 1.165) is 13.0 Å². The number of aromatic nitrogens is 2. The minimum Gasteiger partial charge on any atom is -0.309 e. The molecule has 1 unspecified atom stereocenters. The van der Waals surface area contributed by atoms with E-state index in [-0.39, 0.29) is 0 Å². The smallest absolute Gasteiger partial charge is 0.0625 e. The van der Waals surface area contributed by atoms with Gasteiger partial charge in [-0.15, -0.1) is 0 Å². The second kappa shape index (κ2) is 5.31. The van der Waals surface area contributed by atoms with Gasteiger partial charge < -0.3 is 5.32 Å². The van der Waals surface area contributed by atoms with Crippen molar-refractivity contribution in [1.29, 1.82) is 0 Å². The number of rotatable bonds is 5. The summed E-state index contributed by atoms with van der Waals surface area (Å²) in [6.07, 6.45) is 1.00. The summed E-state index contributed by atoms with van der Waals surface area (Å²) in [5.74, 6) is 0.588. The van der Waals surface area contributed by atoms with Gasteiger partial charge in [0.1, 0.15) is 0 Å². The molecule has 0 fully saturated rings.